The zero-order valence-corrected chi connectivity index (χ0v) is 11.5. The molecule has 0 unspecified atom stereocenters. The average molecular weight is 288 g/mol. The Hall–Kier alpha value is -1.34. The predicted octanol–water partition coefficient (Wildman–Crippen LogP) is 1.80. The Morgan fingerprint density at radius 2 is 1.85 bits per heavy atom. The first-order chi connectivity index (χ1) is 9.46. The van der Waals surface area contributed by atoms with E-state index in [-0.39, 0.29) is 0 Å². The maximum Gasteiger partial charge on any atom is 0.401 e. The highest BCUT2D eigenvalue weighted by Crippen LogP contribution is 2.18. The summed E-state index contributed by atoms with van der Waals surface area (Å²) in [6, 6.07) is 3.89. The molecule has 0 saturated carbocycles. The summed E-state index contributed by atoms with van der Waals surface area (Å²) in [4.78, 5) is 7.77. The molecule has 1 aromatic rings. The summed E-state index contributed by atoms with van der Waals surface area (Å²) >= 11 is 0. The topological polar surface area (TPSA) is 31.4 Å². The smallest absolute Gasteiger partial charge is 0.373 e. The molecule has 20 heavy (non-hydrogen) atoms. The van der Waals surface area contributed by atoms with Crippen molar-refractivity contribution in [3.05, 3.63) is 23.9 Å². The summed E-state index contributed by atoms with van der Waals surface area (Å²) in [5.74, 6) is 0.804. The molecule has 7 heteroatoms. The van der Waals surface area contributed by atoms with E-state index in [0.29, 0.717) is 26.2 Å². The van der Waals surface area contributed by atoms with Crippen molar-refractivity contribution in [2.45, 2.75) is 12.7 Å². The fourth-order valence-electron chi connectivity index (χ4n) is 2.33. The highest BCUT2D eigenvalue weighted by Gasteiger charge is 2.32. The van der Waals surface area contributed by atoms with Crippen molar-refractivity contribution in [1.82, 2.24) is 14.8 Å². The van der Waals surface area contributed by atoms with Crippen LogP contribution < -0.4 is 5.32 Å². The van der Waals surface area contributed by atoms with Crippen LogP contribution in [0.4, 0.5) is 19.0 Å². The monoisotopic (exact) mass is 288 g/mol. The Bertz CT molecular complexity index is 428. The molecule has 0 amide bonds. The zero-order valence-electron chi connectivity index (χ0n) is 11.5. The first-order valence-corrected chi connectivity index (χ1v) is 6.60. The van der Waals surface area contributed by atoms with Crippen LogP contribution in [-0.4, -0.2) is 60.7 Å². The van der Waals surface area contributed by atoms with E-state index in [2.05, 4.69) is 15.2 Å². The van der Waals surface area contributed by atoms with Crippen molar-refractivity contribution in [3.63, 3.8) is 0 Å². The molecular formula is C13H19F3N4. The number of pyridine rings is 1. The normalized spacial score (nSPS) is 18.2. The molecule has 1 aromatic heterocycles. The lowest BCUT2D eigenvalue weighted by Crippen LogP contribution is -2.48. The van der Waals surface area contributed by atoms with Gasteiger partial charge in [0.15, 0.2) is 0 Å². The van der Waals surface area contributed by atoms with Crippen LogP contribution >= 0.6 is 0 Å². The Morgan fingerprint density at radius 1 is 1.20 bits per heavy atom. The third-order valence-corrected chi connectivity index (χ3v) is 3.35. The van der Waals surface area contributed by atoms with E-state index in [9.17, 15) is 13.2 Å². The average Bonchev–Trinajstić information content (AvgIpc) is 2.40. The molecule has 1 aliphatic heterocycles. The van der Waals surface area contributed by atoms with Gasteiger partial charge in [0.05, 0.1) is 6.54 Å². The number of hydrogen-bond acceptors (Lipinski definition) is 4. The van der Waals surface area contributed by atoms with Gasteiger partial charge in [-0.15, -0.1) is 0 Å². The lowest BCUT2D eigenvalue weighted by atomic mass is 10.2. The van der Waals surface area contributed by atoms with E-state index in [1.165, 1.54) is 4.90 Å². The Morgan fingerprint density at radius 3 is 2.45 bits per heavy atom. The number of nitrogens with one attached hydrogen (secondary N) is 1. The van der Waals surface area contributed by atoms with Gasteiger partial charge in [-0.1, -0.05) is 0 Å². The number of aromatic nitrogens is 1. The van der Waals surface area contributed by atoms with Crippen molar-refractivity contribution in [1.29, 1.82) is 0 Å². The van der Waals surface area contributed by atoms with Crippen LogP contribution in [0.3, 0.4) is 0 Å². The standard InChI is InChI=1S/C13H19F3N4/c1-17-12-8-11(2-3-18-12)9-19-4-6-20(7-5-19)10-13(14,15)16/h2-3,8H,4-7,9-10H2,1H3,(H,17,18). The van der Waals surface area contributed by atoms with Gasteiger partial charge in [0.2, 0.25) is 0 Å². The fraction of sp³-hybridized carbons (Fsp3) is 0.615. The molecule has 1 N–H and O–H groups in total. The van der Waals surface area contributed by atoms with Crippen LogP contribution in [0, 0.1) is 0 Å². The molecule has 2 rings (SSSR count). The van der Waals surface area contributed by atoms with Crippen LogP contribution in [0.1, 0.15) is 5.56 Å². The molecule has 1 aliphatic rings. The van der Waals surface area contributed by atoms with E-state index in [0.717, 1.165) is 17.9 Å². The molecule has 0 spiro atoms. The molecular weight excluding hydrogens is 269 g/mol. The van der Waals surface area contributed by atoms with Gasteiger partial charge < -0.3 is 5.32 Å². The van der Waals surface area contributed by atoms with E-state index < -0.39 is 12.7 Å². The number of anilines is 1. The minimum Gasteiger partial charge on any atom is -0.373 e. The first kappa shape index (κ1) is 15.1. The summed E-state index contributed by atoms with van der Waals surface area (Å²) in [6.45, 7) is 2.19. The number of piperazine rings is 1. The molecule has 0 radical (unpaired) electrons. The lowest BCUT2D eigenvalue weighted by Gasteiger charge is -2.35. The van der Waals surface area contributed by atoms with E-state index in [4.69, 9.17) is 0 Å². The van der Waals surface area contributed by atoms with E-state index in [1.807, 2.05) is 19.2 Å². The largest absolute Gasteiger partial charge is 0.401 e. The summed E-state index contributed by atoms with van der Waals surface area (Å²) < 4.78 is 36.9. The molecule has 112 valence electrons. The van der Waals surface area contributed by atoms with E-state index >= 15 is 0 Å². The van der Waals surface area contributed by atoms with Gasteiger partial charge in [-0.25, -0.2) is 4.98 Å². The molecule has 0 aliphatic carbocycles. The molecule has 1 fully saturated rings. The molecule has 0 atom stereocenters. The Kier molecular flexibility index (Phi) is 4.82. The molecule has 0 bridgehead atoms. The van der Waals surface area contributed by atoms with Gasteiger partial charge in [-0.3, -0.25) is 9.80 Å². The SMILES string of the molecule is CNc1cc(CN2CCN(CC(F)(F)F)CC2)ccn1. The van der Waals surface area contributed by atoms with Gasteiger partial charge in [-0.05, 0) is 17.7 Å². The van der Waals surface area contributed by atoms with Crippen LogP contribution in [0.5, 0.6) is 0 Å². The summed E-state index contributed by atoms with van der Waals surface area (Å²) in [5.41, 5.74) is 1.12. The number of alkyl halides is 3. The van der Waals surface area contributed by atoms with Crippen molar-refractivity contribution in [3.8, 4) is 0 Å². The maximum absolute atomic E-state index is 12.3. The van der Waals surface area contributed by atoms with Gasteiger partial charge in [0.1, 0.15) is 5.82 Å². The summed E-state index contributed by atoms with van der Waals surface area (Å²) in [7, 11) is 1.81. The number of nitrogens with zero attached hydrogens (tertiary/aromatic N) is 3. The number of rotatable bonds is 4. The van der Waals surface area contributed by atoms with Gasteiger partial charge in [-0.2, -0.15) is 13.2 Å². The third-order valence-electron chi connectivity index (χ3n) is 3.35. The lowest BCUT2D eigenvalue weighted by molar-refractivity contribution is -0.149. The quantitative estimate of drug-likeness (QED) is 0.915. The highest BCUT2D eigenvalue weighted by atomic mass is 19.4. The van der Waals surface area contributed by atoms with Crippen LogP contribution in [0.15, 0.2) is 18.3 Å². The minimum absolute atomic E-state index is 0.462. The van der Waals surface area contributed by atoms with Crippen molar-refractivity contribution in [2.75, 3.05) is 45.1 Å². The first-order valence-electron chi connectivity index (χ1n) is 6.60. The van der Waals surface area contributed by atoms with Gasteiger partial charge >= 0.3 is 6.18 Å². The number of hydrogen-bond donors (Lipinski definition) is 1. The highest BCUT2D eigenvalue weighted by molar-refractivity contribution is 5.36. The molecule has 2 heterocycles. The second-order valence-corrected chi connectivity index (χ2v) is 4.97. The summed E-state index contributed by atoms with van der Waals surface area (Å²) in [5, 5.41) is 2.97. The zero-order chi connectivity index (χ0) is 14.6. The second kappa shape index (κ2) is 6.41. The summed E-state index contributed by atoms with van der Waals surface area (Å²) in [6.07, 6.45) is -2.37. The van der Waals surface area contributed by atoms with Crippen LogP contribution in [-0.2, 0) is 6.54 Å². The Balaban J connectivity index is 1.82. The molecule has 0 aromatic carbocycles. The van der Waals surface area contributed by atoms with Crippen molar-refractivity contribution in [2.24, 2.45) is 0 Å². The maximum atomic E-state index is 12.3. The number of halogens is 3. The Labute approximate surface area is 116 Å². The molecule has 1 saturated heterocycles. The van der Waals surface area contributed by atoms with E-state index in [1.54, 1.807) is 6.20 Å². The van der Waals surface area contributed by atoms with Crippen LogP contribution in [0.25, 0.3) is 0 Å². The molecule has 4 nitrogen and oxygen atoms in total. The van der Waals surface area contributed by atoms with Gasteiger partial charge in [0, 0.05) is 46.0 Å². The van der Waals surface area contributed by atoms with Crippen molar-refractivity contribution < 1.29 is 13.2 Å². The predicted molar refractivity (Wildman–Crippen MR) is 71.6 cm³/mol. The minimum atomic E-state index is -4.10. The van der Waals surface area contributed by atoms with Gasteiger partial charge in [0.25, 0.3) is 0 Å². The second-order valence-electron chi connectivity index (χ2n) is 4.97. The van der Waals surface area contributed by atoms with Crippen LogP contribution in [0.2, 0.25) is 0 Å². The fourth-order valence-corrected chi connectivity index (χ4v) is 2.33. The van der Waals surface area contributed by atoms with Crippen molar-refractivity contribution >= 4 is 5.82 Å². The third kappa shape index (κ3) is 4.64.